The van der Waals surface area contributed by atoms with Gasteiger partial charge in [0.1, 0.15) is 10.9 Å². The van der Waals surface area contributed by atoms with Gasteiger partial charge < -0.3 is 10.2 Å². The third-order valence-electron chi connectivity index (χ3n) is 7.43. The number of nitrogens with zero attached hydrogens (tertiary/aromatic N) is 5. The average molecular weight is 557 g/mol. The van der Waals surface area contributed by atoms with Gasteiger partial charge in [0.2, 0.25) is 21.8 Å². The van der Waals surface area contributed by atoms with Gasteiger partial charge in [-0.1, -0.05) is 50.3 Å². The molecule has 38 heavy (non-hydrogen) atoms. The minimum absolute atomic E-state index is 0.0721. The molecule has 5 rings (SSSR count). The third kappa shape index (κ3) is 5.52. The Bertz CT molecular complexity index is 1370. The summed E-state index contributed by atoms with van der Waals surface area (Å²) in [5.74, 6) is -0.282. The summed E-state index contributed by atoms with van der Waals surface area (Å²) in [6.07, 6.45) is 9.04. The number of aromatic nitrogens is 3. The number of nitrogens with one attached hydrogen (secondary N) is 1. The summed E-state index contributed by atoms with van der Waals surface area (Å²) in [5.41, 5.74) is 1.23. The number of sulfonamides is 1. The highest BCUT2D eigenvalue weighted by Gasteiger charge is 2.40. The molecule has 12 heteroatoms. The first-order valence-corrected chi connectivity index (χ1v) is 15.3. The number of hydrogen-bond donors (Lipinski definition) is 1. The molecular formula is C26H32N6O4S2. The maximum atomic E-state index is 13.6. The minimum atomic E-state index is -3.96. The van der Waals surface area contributed by atoms with Crippen LogP contribution in [0.3, 0.4) is 0 Å². The summed E-state index contributed by atoms with van der Waals surface area (Å²) in [7, 11) is -3.96. The normalized spacial score (nSPS) is 18.4. The molecule has 1 unspecified atom stereocenters. The van der Waals surface area contributed by atoms with Crippen LogP contribution in [0.5, 0.6) is 0 Å². The van der Waals surface area contributed by atoms with Gasteiger partial charge in [-0.15, -0.1) is 11.3 Å². The molecule has 2 aromatic heterocycles. The summed E-state index contributed by atoms with van der Waals surface area (Å²) in [6.45, 7) is 1.64. The quantitative estimate of drug-likeness (QED) is 0.454. The first-order chi connectivity index (χ1) is 18.3. The van der Waals surface area contributed by atoms with Crippen molar-refractivity contribution in [2.45, 2.75) is 56.4 Å². The van der Waals surface area contributed by atoms with E-state index in [9.17, 15) is 18.0 Å². The van der Waals surface area contributed by atoms with Crippen LogP contribution in [0.1, 0.15) is 44.2 Å². The lowest BCUT2D eigenvalue weighted by Gasteiger charge is -2.39. The zero-order chi connectivity index (χ0) is 26.7. The van der Waals surface area contributed by atoms with Gasteiger partial charge in [0, 0.05) is 24.7 Å². The number of hydrogen-bond acceptors (Lipinski definition) is 7. The molecule has 202 valence electrons. The molecule has 1 aromatic carbocycles. The number of thiazole rings is 1. The molecule has 1 atom stereocenters. The SMILES string of the molecule is Cc1c(S(=O)(=O)N2CCN(C(CC3CCCCC3)C(=O)Nc3nccs3)C(=O)C2)cnn1-c1ccccc1. The predicted octanol–water partition coefficient (Wildman–Crippen LogP) is 3.45. The van der Waals surface area contributed by atoms with E-state index >= 15 is 0 Å². The molecule has 1 N–H and O–H groups in total. The van der Waals surface area contributed by atoms with Crippen molar-refractivity contribution in [1.82, 2.24) is 24.0 Å². The van der Waals surface area contributed by atoms with E-state index in [1.54, 1.807) is 28.1 Å². The van der Waals surface area contributed by atoms with Crippen LogP contribution in [0, 0.1) is 12.8 Å². The van der Waals surface area contributed by atoms with Crippen LogP contribution in [0.2, 0.25) is 0 Å². The van der Waals surface area contributed by atoms with E-state index in [-0.39, 0.29) is 36.3 Å². The smallest absolute Gasteiger partial charge is 0.248 e. The summed E-state index contributed by atoms with van der Waals surface area (Å²) in [5, 5.41) is 9.41. The lowest BCUT2D eigenvalue weighted by Crippen LogP contribution is -2.58. The van der Waals surface area contributed by atoms with Crippen molar-refractivity contribution < 1.29 is 18.0 Å². The van der Waals surface area contributed by atoms with Gasteiger partial charge in [-0.05, 0) is 31.4 Å². The fraction of sp³-hybridized carbons (Fsp3) is 0.462. The van der Waals surface area contributed by atoms with E-state index in [0.717, 1.165) is 31.4 Å². The third-order valence-corrected chi connectivity index (χ3v) is 10.1. The topological polar surface area (TPSA) is 118 Å². The Morgan fingerprint density at radius 1 is 1.16 bits per heavy atom. The lowest BCUT2D eigenvalue weighted by molar-refractivity contribution is -0.142. The van der Waals surface area contributed by atoms with Crippen molar-refractivity contribution in [3.8, 4) is 5.69 Å². The Morgan fingerprint density at radius 3 is 2.61 bits per heavy atom. The number of carbonyl (C=O) groups is 2. The summed E-state index contributed by atoms with van der Waals surface area (Å²) in [6, 6.07) is 8.63. The number of para-hydroxylation sites is 1. The van der Waals surface area contributed by atoms with Crippen molar-refractivity contribution in [2.24, 2.45) is 5.92 Å². The first kappa shape index (κ1) is 26.5. The predicted molar refractivity (Wildman–Crippen MR) is 144 cm³/mol. The number of anilines is 1. The van der Waals surface area contributed by atoms with E-state index in [0.29, 0.717) is 23.2 Å². The van der Waals surface area contributed by atoms with Gasteiger partial charge in [-0.3, -0.25) is 9.59 Å². The van der Waals surface area contributed by atoms with Gasteiger partial charge in [0.15, 0.2) is 5.13 Å². The van der Waals surface area contributed by atoms with Gasteiger partial charge in [0.05, 0.1) is 24.1 Å². The van der Waals surface area contributed by atoms with Crippen LogP contribution in [-0.2, 0) is 19.6 Å². The maximum Gasteiger partial charge on any atom is 0.248 e. The van der Waals surface area contributed by atoms with Gasteiger partial charge >= 0.3 is 0 Å². The molecule has 1 saturated heterocycles. The Balaban J connectivity index is 1.33. The first-order valence-electron chi connectivity index (χ1n) is 12.9. The summed E-state index contributed by atoms with van der Waals surface area (Å²) in [4.78, 5) is 32.5. The molecule has 2 amide bonds. The Morgan fingerprint density at radius 2 is 1.92 bits per heavy atom. The second kappa shape index (κ2) is 11.3. The van der Waals surface area contributed by atoms with Gasteiger partial charge in [0.25, 0.3) is 0 Å². The Kier molecular flexibility index (Phi) is 7.91. The van der Waals surface area contributed by atoms with Crippen molar-refractivity contribution in [2.75, 3.05) is 25.0 Å². The van der Waals surface area contributed by atoms with Crippen LogP contribution < -0.4 is 5.32 Å². The number of rotatable bonds is 8. The molecule has 2 aliphatic rings. The van der Waals surface area contributed by atoms with Crippen LogP contribution in [0.25, 0.3) is 5.69 Å². The molecule has 0 spiro atoms. The number of benzene rings is 1. The van der Waals surface area contributed by atoms with Crippen LogP contribution in [-0.4, -0.2) is 69.9 Å². The van der Waals surface area contributed by atoms with Crippen molar-refractivity contribution in [3.05, 3.63) is 53.8 Å². The molecule has 0 bridgehead atoms. The van der Waals surface area contributed by atoms with Crippen LogP contribution in [0.15, 0.2) is 53.0 Å². The highest BCUT2D eigenvalue weighted by molar-refractivity contribution is 7.89. The second-order valence-corrected chi connectivity index (χ2v) is 12.7. The average Bonchev–Trinajstić information content (AvgIpc) is 3.58. The van der Waals surface area contributed by atoms with E-state index in [1.165, 1.54) is 28.3 Å². The van der Waals surface area contributed by atoms with Crippen LogP contribution >= 0.6 is 11.3 Å². The van der Waals surface area contributed by atoms with E-state index in [1.807, 2.05) is 30.3 Å². The fourth-order valence-corrected chi connectivity index (χ4v) is 7.46. The lowest BCUT2D eigenvalue weighted by atomic mass is 9.84. The van der Waals surface area contributed by atoms with Crippen molar-refractivity contribution >= 4 is 38.3 Å². The highest BCUT2D eigenvalue weighted by atomic mass is 32.2. The highest BCUT2D eigenvalue weighted by Crippen LogP contribution is 2.30. The summed E-state index contributed by atoms with van der Waals surface area (Å²) >= 11 is 1.32. The second-order valence-electron chi connectivity index (χ2n) is 9.85. The van der Waals surface area contributed by atoms with Crippen molar-refractivity contribution in [3.63, 3.8) is 0 Å². The van der Waals surface area contributed by atoms with E-state index in [2.05, 4.69) is 15.4 Å². The molecule has 1 saturated carbocycles. The monoisotopic (exact) mass is 556 g/mol. The molecule has 1 aliphatic heterocycles. The maximum absolute atomic E-state index is 13.6. The van der Waals surface area contributed by atoms with E-state index < -0.39 is 16.1 Å². The molecule has 1 aliphatic carbocycles. The molecule has 3 aromatic rings. The molecular weight excluding hydrogens is 524 g/mol. The minimum Gasteiger partial charge on any atom is -0.328 e. The number of carbonyl (C=O) groups excluding carboxylic acids is 2. The zero-order valence-corrected chi connectivity index (χ0v) is 23.0. The van der Waals surface area contributed by atoms with Gasteiger partial charge in [-0.25, -0.2) is 18.1 Å². The Hall–Kier alpha value is -3.09. The molecule has 3 heterocycles. The largest absolute Gasteiger partial charge is 0.328 e. The van der Waals surface area contributed by atoms with E-state index in [4.69, 9.17) is 0 Å². The number of amides is 2. The molecule has 10 nitrogen and oxygen atoms in total. The molecule has 0 radical (unpaired) electrons. The standard InChI is InChI=1S/C26H32N6O4S2/c1-19-23(17-28-32(19)21-10-6-3-7-11-21)38(35,36)30-13-14-31(24(33)18-30)22(16-20-8-4-2-5-9-20)25(34)29-26-27-12-15-37-26/h3,6-7,10-12,15,17,20,22H,2,4-5,8-9,13-14,16,18H2,1H3,(H,27,29,34). The Labute approximate surface area is 226 Å². The number of piperazine rings is 1. The van der Waals surface area contributed by atoms with Gasteiger partial charge in [-0.2, -0.15) is 9.40 Å². The fourth-order valence-electron chi connectivity index (χ4n) is 5.40. The van der Waals surface area contributed by atoms with Crippen molar-refractivity contribution in [1.29, 1.82) is 0 Å². The van der Waals surface area contributed by atoms with Crippen LogP contribution in [0.4, 0.5) is 5.13 Å². The zero-order valence-electron chi connectivity index (χ0n) is 21.3. The summed E-state index contributed by atoms with van der Waals surface area (Å²) < 4.78 is 29.9. The molecule has 2 fully saturated rings.